The molecule has 0 bridgehead atoms. The van der Waals surface area contributed by atoms with E-state index < -0.39 is 0 Å². The molecule has 3 aromatic rings. The summed E-state index contributed by atoms with van der Waals surface area (Å²) in [7, 11) is 0. The van der Waals surface area contributed by atoms with Crippen LogP contribution in [0.1, 0.15) is 23.7 Å². The predicted octanol–water partition coefficient (Wildman–Crippen LogP) is 3.46. The lowest BCUT2D eigenvalue weighted by molar-refractivity contribution is -0.114. The van der Waals surface area contributed by atoms with E-state index in [9.17, 15) is 9.90 Å². The van der Waals surface area contributed by atoms with Crippen LogP contribution in [0.15, 0.2) is 48.5 Å². The number of anilines is 1. The fourth-order valence-electron chi connectivity index (χ4n) is 3.58. The predicted molar refractivity (Wildman–Crippen MR) is 102 cm³/mol. The number of amides is 1. The summed E-state index contributed by atoms with van der Waals surface area (Å²) in [5.74, 6) is 0.0472. The summed E-state index contributed by atoms with van der Waals surface area (Å²) in [4.78, 5) is 18.9. The van der Waals surface area contributed by atoms with Crippen LogP contribution in [0, 0.1) is 0 Å². The van der Waals surface area contributed by atoms with E-state index in [0.717, 1.165) is 53.9 Å². The molecule has 1 aliphatic heterocycles. The van der Waals surface area contributed by atoms with Gasteiger partial charge in [-0.25, -0.2) is 0 Å². The van der Waals surface area contributed by atoms with Gasteiger partial charge in [0.25, 0.3) is 0 Å². The first-order chi connectivity index (χ1) is 12.6. The molecule has 0 aliphatic carbocycles. The molecule has 2 heterocycles. The van der Waals surface area contributed by atoms with E-state index in [4.69, 9.17) is 4.98 Å². The van der Waals surface area contributed by atoms with Crippen molar-refractivity contribution in [1.82, 2.24) is 9.88 Å². The summed E-state index contributed by atoms with van der Waals surface area (Å²) in [6.07, 6.45) is 0.839. The van der Waals surface area contributed by atoms with E-state index in [0.29, 0.717) is 0 Å². The first-order valence-electron chi connectivity index (χ1n) is 8.78. The maximum Gasteiger partial charge on any atom is 0.221 e. The maximum absolute atomic E-state index is 11.8. The highest BCUT2D eigenvalue weighted by molar-refractivity contribution is 6.02. The zero-order valence-corrected chi connectivity index (χ0v) is 14.7. The molecule has 0 spiro atoms. The van der Waals surface area contributed by atoms with Gasteiger partial charge >= 0.3 is 0 Å². The zero-order valence-electron chi connectivity index (χ0n) is 14.7. The quantitative estimate of drug-likeness (QED) is 0.761. The van der Waals surface area contributed by atoms with E-state index in [-0.39, 0.29) is 11.7 Å². The molecule has 5 nitrogen and oxygen atoms in total. The van der Waals surface area contributed by atoms with E-state index in [1.54, 1.807) is 18.2 Å². The van der Waals surface area contributed by atoms with Crippen molar-refractivity contribution in [2.45, 2.75) is 26.4 Å². The number of carbonyl (C=O) groups excluding carboxylic acids is 1. The number of aromatic hydroxyl groups is 1. The summed E-state index contributed by atoms with van der Waals surface area (Å²) < 4.78 is 0. The molecule has 0 unspecified atom stereocenters. The van der Waals surface area contributed by atoms with Gasteiger partial charge in [0, 0.05) is 49.6 Å². The van der Waals surface area contributed by atoms with Crippen LogP contribution >= 0.6 is 0 Å². The van der Waals surface area contributed by atoms with Crippen LogP contribution in [0.5, 0.6) is 5.75 Å². The van der Waals surface area contributed by atoms with Crippen LogP contribution in [0.4, 0.5) is 5.69 Å². The number of pyridine rings is 1. The monoisotopic (exact) mass is 347 g/mol. The minimum atomic E-state index is -0.122. The number of hydrogen-bond acceptors (Lipinski definition) is 4. The molecular formula is C21H21N3O2. The second-order valence-corrected chi connectivity index (χ2v) is 6.74. The standard InChI is InChI=1S/C21H21N3O2/c1-14(25)22-21-17-11-16(26)7-8-19(17)23-20-9-10-24(13-18(20)21)12-15-5-3-2-4-6-15/h2-8,11,26H,9-10,12-13H2,1H3,(H,22,23,25). The Bertz CT molecular complexity index is 970. The summed E-state index contributed by atoms with van der Waals surface area (Å²) in [6, 6.07) is 15.5. The summed E-state index contributed by atoms with van der Waals surface area (Å²) in [6.45, 7) is 4.01. The Morgan fingerprint density at radius 2 is 2.04 bits per heavy atom. The molecule has 0 fully saturated rings. The van der Waals surface area contributed by atoms with E-state index >= 15 is 0 Å². The number of carbonyl (C=O) groups is 1. The Kier molecular flexibility index (Phi) is 4.31. The highest BCUT2D eigenvalue weighted by Crippen LogP contribution is 2.34. The zero-order chi connectivity index (χ0) is 18.1. The average molecular weight is 347 g/mol. The van der Waals surface area contributed by atoms with Crippen LogP contribution in [-0.2, 0) is 24.3 Å². The van der Waals surface area contributed by atoms with E-state index in [1.165, 1.54) is 12.5 Å². The van der Waals surface area contributed by atoms with Gasteiger partial charge < -0.3 is 10.4 Å². The molecule has 1 amide bonds. The van der Waals surface area contributed by atoms with Crippen molar-refractivity contribution >= 4 is 22.5 Å². The van der Waals surface area contributed by atoms with Crippen molar-refractivity contribution in [3.05, 3.63) is 65.4 Å². The van der Waals surface area contributed by atoms with Gasteiger partial charge in [-0.2, -0.15) is 0 Å². The topological polar surface area (TPSA) is 65.5 Å². The number of phenols is 1. The summed E-state index contributed by atoms with van der Waals surface area (Å²) in [5.41, 5.74) is 4.90. The SMILES string of the molecule is CC(=O)Nc1c2c(nc3ccc(O)cc13)CCN(Cc1ccccc1)C2. The normalized spacial score (nSPS) is 14.2. The molecule has 4 rings (SSSR count). The fourth-order valence-corrected chi connectivity index (χ4v) is 3.58. The van der Waals surface area contributed by atoms with Gasteiger partial charge in [0.15, 0.2) is 0 Å². The second-order valence-electron chi connectivity index (χ2n) is 6.74. The molecule has 0 saturated heterocycles. The molecule has 1 aromatic heterocycles. The third-order valence-corrected chi connectivity index (χ3v) is 4.75. The van der Waals surface area contributed by atoms with Crippen molar-refractivity contribution in [2.75, 3.05) is 11.9 Å². The number of phenolic OH excluding ortho intramolecular Hbond substituents is 1. The molecule has 26 heavy (non-hydrogen) atoms. The first-order valence-corrected chi connectivity index (χ1v) is 8.78. The van der Waals surface area contributed by atoms with Crippen LogP contribution in [-0.4, -0.2) is 27.4 Å². The second kappa shape index (κ2) is 6.77. The lowest BCUT2D eigenvalue weighted by Crippen LogP contribution is -2.31. The number of rotatable bonds is 3. The highest BCUT2D eigenvalue weighted by Gasteiger charge is 2.23. The van der Waals surface area contributed by atoms with Gasteiger partial charge in [0.1, 0.15) is 5.75 Å². The molecule has 2 aromatic carbocycles. The molecule has 0 saturated carbocycles. The Balaban J connectivity index is 1.75. The molecule has 5 heteroatoms. The lowest BCUT2D eigenvalue weighted by Gasteiger charge is -2.30. The van der Waals surface area contributed by atoms with Crippen molar-refractivity contribution in [1.29, 1.82) is 0 Å². The van der Waals surface area contributed by atoms with Crippen LogP contribution in [0.25, 0.3) is 10.9 Å². The van der Waals surface area contributed by atoms with Gasteiger partial charge in [0.2, 0.25) is 5.91 Å². The third-order valence-electron chi connectivity index (χ3n) is 4.75. The van der Waals surface area contributed by atoms with Crippen LogP contribution in [0.2, 0.25) is 0 Å². The number of nitrogens with zero attached hydrogens (tertiary/aromatic N) is 2. The smallest absolute Gasteiger partial charge is 0.221 e. The van der Waals surface area contributed by atoms with Crippen LogP contribution < -0.4 is 5.32 Å². The van der Waals surface area contributed by atoms with Crippen molar-refractivity contribution in [3.8, 4) is 5.75 Å². The van der Waals surface area contributed by atoms with Gasteiger partial charge in [-0.1, -0.05) is 30.3 Å². The summed E-state index contributed by atoms with van der Waals surface area (Å²) in [5, 5.41) is 13.6. The van der Waals surface area contributed by atoms with Gasteiger partial charge in [0.05, 0.1) is 11.2 Å². The van der Waals surface area contributed by atoms with Crippen molar-refractivity contribution in [2.24, 2.45) is 0 Å². The number of hydrogen-bond donors (Lipinski definition) is 2. The van der Waals surface area contributed by atoms with Gasteiger partial charge in [-0.05, 0) is 23.8 Å². The Morgan fingerprint density at radius 3 is 2.81 bits per heavy atom. The fraction of sp³-hybridized carbons (Fsp3) is 0.238. The van der Waals surface area contributed by atoms with Crippen molar-refractivity contribution < 1.29 is 9.90 Å². The lowest BCUT2D eigenvalue weighted by atomic mass is 9.99. The van der Waals surface area contributed by atoms with E-state index in [2.05, 4.69) is 22.3 Å². The Labute approximate surface area is 152 Å². The highest BCUT2D eigenvalue weighted by atomic mass is 16.3. The molecule has 2 N–H and O–H groups in total. The molecule has 1 aliphatic rings. The van der Waals surface area contributed by atoms with Crippen LogP contribution in [0.3, 0.4) is 0 Å². The summed E-state index contributed by atoms with van der Waals surface area (Å²) >= 11 is 0. The van der Waals surface area contributed by atoms with Gasteiger partial charge in [-0.15, -0.1) is 0 Å². The number of aromatic nitrogens is 1. The number of nitrogens with one attached hydrogen (secondary N) is 1. The average Bonchev–Trinajstić information content (AvgIpc) is 2.63. The molecule has 0 atom stereocenters. The van der Waals surface area contributed by atoms with Gasteiger partial charge in [-0.3, -0.25) is 14.7 Å². The minimum absolute atomic E-state index is 0.122. The Hall–Kier alpha value is -2.92. The minimum Gasteiger partial charge on any atom is -0.508 e. The van der Waals surface area contributed by atoms with Crippen molar-refractivity contribution in [3.63, 3.8) is 0 Å². The number of fused-ring (bicyclic) bond motifs is 2. The third kappa shape index (κ3) is 3.26. The molecular weight excluding hydrogens is 326 g/mol. The molecule has 132 valence electrons. The maximum atomic E-state index is 11.8. The first kappa shape index (κ1) is 16.5. The molecule has 0 radical (unpaired) electrons. The number of benzene rings is 2. The van der Waals surface area contributed by atoms with E-state index in [1.807, 2.05) is 18.2 Å². The Morgan fingerprint density at radius 1 is 1.23 bits per heavy atom. The largest absolute Gasteiger partial charge is 0.508 e.